The summed E-state index contributed by atoms with van der Waals surface area (Å²) >= 11 is 0. The number of nitrogens with zero attached hydrogens (tertiary/aromatic N) is 2. The van der Waals surface area contributed by atoms with Crippen LogP contribution >= 0.6 is 0 Å². The summed E-state index contributed by atoms with van der Waals surface area (Å²) in [6.07, 6.45) is 0.620. The van der Waals surface area contributed by atoms with Gasteiger partial charge in [0.2, 0.25) is 0 Å². The maximum absolute atomic E-state index is 13.1. The van der Waals surface area contributed by atoms with E-state index in [0.717, 1.165) is 5.56 Å². The summed E-state index contributed by atoms with van der Waals surface area (Å²) in [5.41, 5.74) is 0.264. The van der Waals surface area contributed by atoms with E-state index in [9.17, 15) is 19.5 Å². The van der Waals surface area contributed by atoms with Crippen LogP contribution in [0.4, 0.5) is 0 Å². The van der Waals surface area contributed by atoms with Crippen LogP contribution in [0.15, 0.2) is 59.4 Å². The van der Waals surface area contributed by atoms with E-state index in [4.69, 9.17) is 4.74 Å². The zero-order chi connectivity index (χ0) is 21.0. The first-order chi connectivity index (χ1) is 13.9. The molecule has 8 heteroatoms. The Bertz CT molecular complexity index is 1110. The SMILES string of the molecule is CCc1nc(Cc2ccccc2)c(C(=O)[O-])c(=O)n1-c1ccc(OC(C)=O)cc1.[Na+]. The molecule has 0 bridgehead atoms. The normalized spacial score (nSPS) is 10.2. The van der Waals surface area contributed by atoms with Crippen LogP contribution in [0.1, 0.15) is 41.3 Å². The Hall–Kier alpha value is -2.74. The van der Waals surface area contributed by atoms with Gasteiger partial charge in [-0.2, -0.15) is 0 Å². The molecule has 0 radical (unpaired) electrons. The third-order valence-corrected chi connectivity index (χ3v) is 4.32. The second kappa shape index (κ2) is 10.3. The van der Waals surface area contributed by atoms with Crippen LogP contribution in [0, 0.1) is 0 Å². The molecule has 0 spiro atoms. The minimum absolute atomic E-state index is 0. The third-order valence-electron chi connectivity index (χ3n) is 4.32. The first-order valence-electron chi connectivity index (χ1n) is 9.09. The predicted molar refractivity (Wildman–Crippen MR) is 104 cm³/mol. The van der Waals surface area contributed by atoms with Gasteiger partial charge in [-0.1, -0.05) is 37.3 Å². The Kier molecular flexibility index (Phi) is 8.11. The van der Waals surface area contributed by atoms with E-state index in [1.54, 1.807) is 12.1 Å². The van der Waals surface area contributed by atoms with Gasteiger partial charge in [0.1, 0.15) is 11.6 Å². The first kappa shape index (κ1) is 23.5. The van der Waals surface area contributed by atoms with E-state index in [1.165, 1.54) is 23.6 Å². The van der Waals surface area contributed by atoms with E-state index in [-0.39, 0.29) is 41.7 Å². The quantitative estimate of drug-likeness (QED) is 0.282. The molecule has 0 saturated carbocycles. The fourth-order valence-electron chi connectivity index (χ4n) is 3.07. The molecule has 0 fully saturated rings. The number of hydrogen-bond donors (Lipinski definition) is 0. The predicted octanol–water partition coefficient (Wildman–Crippen LogP) is -1.32. The average Bonchev–Trinajstić information content (AvgIpc) is 2.68. The van der Waals surface area contributed by atoms with Crippen LogP contribution in [0.3, 0.4) is 0 Å². The number of carbonyl (C=O) groups excluding carboxylic acids is 2. The summed E-state index contributed by atoms with van der Waals surface area (Å²) in [7, 11) is 0. The maximum atomic E-state index is 13.1. The molecule has 7 nitrogen and oxygen atoms in total. The van der Waals surface area contributed by atoms with Gasteiger partial charge in [-0.3, -0.25) is 14.2 Å². The molecular formula is C22H19N2NaO5. The first-order valence-corrected chi connectivity index (χ1v) is 9.09. The number of esters is 1. The third kappa shape index (κ3) is 5.24. The number of carboxylic acids is 1. The van der Waals surface area contributed by atoms with Crippen LogP contribution in [0.2, 0.25) is 0 Å². The molecule has 3 rings (SSSR count). The van der Waals surface area contributed by atoms with Crippen molar-refractivity contribution in [3.63, 3.8) is 0 Å². The van der Waals surface area contributed by atoms with E-state index in [1.807, 2.05) is 37.3 Å². The molecule has 0 atom stereocenters. The van der Waals surface area contributed by atoms with E-state index < -0.39 is 23.1 Å². The molecule has 0 N–H and O–H groups in total. The summed E-state index contributed by atoms with van der Waals surface area (Å²) in [6, 6.07) is 15.4. The molecule has 30 heavy (non-hydrogen) atoms. The van der Waals surface area contributed by atoms with E-state index >= 15 is 0 Å². The zero-order valence-electron chi connectivity index (χ0n) is 17.0. The van der Waals surface area contributed by atoms with Crippen molar-refractivity contribution in [2.75, 3.05) is 0 Å². The summed E-state index contributed by atoms with van der Waals surface area (Å²) in [5, 5.41) is 11.8. The second-order valence-corrected chi connectivity index (χ2v) is 6.38. The molecule has 0 aliphatic carbocycles. The minimum Gasteiger partial charge on any atom is -0.545 e. The van der Waals surface area contributed by atoms with Crippen LogP contribution in [0.5, 0.6) is 5.75 Å². The van der Waals surface area contributed by atoms with Crippen LogP contribution in [0.25, 0.3) is 5.69 Å². The molecule has 148 valence electrons. The van der Waals surface area contributed by atoms with Crippen molar-refractivity contribution < 1.29 is 49.0 Å². The molecule has 0 amide bonds. The molecule has 2 aromatic carbocycles. The topological polar surface area (TPSA) is 101 Å². The number of rotatable bonds is 6. The van der Waals surface area contributed by atoms with Crippen LogP contribution in [-0.4, -0.2) is 21.5 Å². The Labute approximate surface area is 195 Å². The number of aromatic nitrogens is 2. The number of ether oxygens (including phenoxy) is 1. The average molecular weight is 414 g/mol. The van der Waals surface area contributed by atoms with E-state index in [2.05, 4.69) is 4.98 Å². The van der Waals surface area contributed by atoms with Gasteiger partial charge >= 0.3 is 35.5 Å². The fraction of sp³-hybridized carbons (Fsp3) is 0.182. The molecule has 3 aromatic rings. The monoisotopic (exact) mass is 414 g/mol. The van der Waals surface area contributed by atoms with Gasteiger partial charge in [0.15, 0.2) is 0 Å². The second-order valence-electron chi connectivity index (χ2n) is 6.38. The van der Waals surface area contributed by atoms with Crippen molar-refractivity contribution in [2.24, 2.45) is 0 Å². The Balaban J connectivity index is 0.00000320. The minimum atomic E-state index is -1.57. The molecule has 0 unspecified atom stereocenters. The number of aryl methyl sites for hydroxylation is 1. The summed E-state index contributed by atoms with van der Waals surface area (Å²) in [5.74, 6) is -1.29. The summed E-state index contributed by atoms with van der Waals surface area (Å²) in [6.45, 7) is 3.12. The number of carbonyl (C=O) groups is 2. The molecule has 1 heterocycles. The van der Waals surface area contributed by atoms with Crippen molar-refractivity contribution in [3.8, 4) is 11.4 Å². The van der Waals surface area contributed by atoms with Crippen LogP contribution < -0.4 is 45.0 Å². The van der Waals surface area contributed by atoms with E-state index in [0.29, 0.717) is 23.7 Å². The number of carboxylic acid groups (broad SMARTS) is 1. The van der Waals surface area contributed by atoms with Crippen molar-refractivity contribution in [3.05, 3.63) is 87.6 Å². The van der Waals surface area contributed by atoms with Crippen LogP contribution in [-0.2, 0) is 17.6 Å². The number of aromatic carboxylic acids is 1. The van der Waals surface area contributed by atoms with Crippen molar-refractivity contribution >= 4 is 11.9 Å². The molecule has 0 aliphatic heterocycles. The fourth-order valence-corrected chi connectivity index (χ4v) is 3.07. The Morgan fingerprint density at radius 1 is 1.07 bits per heavy atom. The molecule has 0 saturated heterocycles. The van der Waals surface area contributed by atoms with Crippen molar-refractivity contribution in [2.45, 2.75) is 26.7 Å². The Morgan fingerprint density at radius 3 is 2.23 bits per heavy atom. The number of benzene rings is 2. The van der Waals surface area contributed by atoms with Gasteiger partial charge in [0, 0.05) is 19.8 Å². The number of hydrogen-bond acceptors (Lipinski definition) is 6. The summed E-state index contributed by atoms with van der Waals surface area (Å²) < 4.78 is 6.24. The largest absolute Gasteiger partial charge is 1.00 e. The maximum Gasteiger partial charge on any atom is 1.00 e. The molecule has 0 aliphatic rings. The van der Waals surface area contributed by atoms with Gasteiger partial charge in [-0.15, -0.1) is 0 Å². The van der Waals surface area contributed by atoms with Crippen molar-refractivity contribution in [1.82, 2.24) is 9.55 Å². The van der Waals surface area contributed by atoms with Gasteiger partial charge in [0.25, 0.3) is 5.56 Å². The van der Waals surface area contributed by atoms with Gasteiger partial charge in [0.05, 0.1) is 22.9 Å². The summed E-state index contributed by atoms with van der Waals surface area (Å²) in [4.78, 5) is 40.4. The van der Waals surface area contributed by atoms with Crippen molar-refractivity contribution in [1.29, 1.82) is 0 Å². The zero-order valence-corrected chi connectivity index (χ0v) is 19.0. The van der Waals surface area contributed by atoms with Gasteiger partial charge in [-0.05, 0) is 29.8 Å². The van der Waals surface area contributed by atoms with Gasteiger partial charge in [-0.25, -0.2) is 4.98 Å². The standard InChI is InChI=1S/C22H20N2O5.Na/c1-3-19-23-18(13-15-7-5-4-6-8-15)20(22(27)28)21(26)24(19)16-9-11-17(12-10-16)29-14(2)25;/h4-12H,3,13H2,1-2H3,(H,27,28);/q;+1/p-1. The molecular weight excluding hydrogens is 395 g/mol. The van der Waals surface area contributed by atoms with Gasteiger partial charge < -0.3 is 14.6 Å². The smallest absolute Gasteiger partial charge is 0.545 e. The molecule has 1 aromatic heterocycles. The Morgan fingerprint density at radius 2 is 1.70 bits per heavy atom.